The first kappa shape index (κ1) is 35.3. The van der Waals surface area contributed by atoms with Crippen molar-refractivity contribution in [2.75, 3.05) is 0 Å². The molecule has 1 heterocycles. The van der Waals surface area contributed by atoms with Gasteiger partial charge in [-0.1, -0.05) is 164 Å². The molecule has 4 nitrogen and oxygen atoms in total. The van der Waals surface area contributed by atoms with Gasteiger partial charge in [-0.2, -0.15) is 0 Å². The number of allylic oxidation sites excluding steroid dienone is 5. The van der Waals surface area contributed by atoms with Gasteiger partial charge in [-0.3, -0.25) is 4.99 Å². The Morgan fingerprint density at radius 3 is 2.11 bits per heavy atom. The minimum atomic E-state index is 0.423. The number of amidine groups is 2. The van der Waals surface area contributed by atoms with Gasteiger partial charge in [0, 0.05) is 21.9 Å². The highest BCUT2D eigenvalue weighted by Crippen LogP contribution is 2.38. The van der Waals surface area contributed by atoms with Gasteiger partial charge in [0.25, 0.3) is 0 Å². The lowest BCUT2D eigenvalue weighted by Crippen LogP contribution is -2.08. The van der Waals surface area contributed by atoms with Gasteiger partial charge in [-0.25, -0.2) is 9.98 Å². The molecule has 57 heavy (non-hydrogen) atoms. The fourth-order valence-corrected chi connectivity index (χ4v) is 7.75. The topological polar surface area (TPSA) is 50.2 Å². The van der Waals surface area contributed by atoms with E-state index in [1.165, 1.54) is 27.1 Å². The molecule has 0 spiro atoms. The van der Waals surface area contributed by atoms with Crippen LogP contribution in [0, 0.1) is 0 Å². The Balaban J connectivity index is 1.23. The van der Waals surface area contributed by atoms with E-state index in [-0.39, 0.29) is 0 Å². The predicted octanol–water partition coefficient (Wildman–Crippen LogP) is 13.6. The van der Waals surface area contributed by atoms with Crippen LogP contribution >= 0.6 is 0 Å². The van der Waals surface area contributed by atoms with Crippen molar-refractivity contribution in [2.24, 2.45) is 15.0 Å². The van der Waals surface area contributed by atoms with E-state index < -0.39 is 0 Å². The molecule has 0 aliphatic carbocycles. The van der Waals surface area contributed by atoms with Gasteiger partial charge in [0.15, 0.2) is 11.7 Å². The molecule has 0 radical (unpaired) electrons. The number of nitrogens with zero attached hydrogens (tertiary/aromatic N) is 3. The van der Waals surface area contributed by atoms with E-state index >= 15 is 0 Å². The van der Waals surface area contributed by atoms with Crippen molar-refractivity contribution in [3.63, 3.8) is 0 Å². The van der Waals surface area contributed by atoms with Crippen LogP contribution in [0.3, 0.4) is 0 Å². The summed E-state index contributed by atoms with van der Waals surface area (Å²) < 4.78 is 6.42. The van der Waals surface area contributed by atoms with Crippen molar-refractivity contribution in [3.8, 4) is 11.1 Å². The summed E-state index contributed by atoms with van der Waals surface area (Å²) in [6.07, 6.45) is 10.7. The van der Waals surface area contributed by atoms with Crippen molar-refractivity contribution in [3.05, 3.63) is 217 Å². The van der Waals surface area contributed by atoms with Crippen LogP contribution in [0.4, 0.5) is 0 Å². The van der Waals surface area contributed by atoms with Crippen LogP contribution in [-0.2, 0) is 13.0 Å². The number of fused-ring (bicyclic) bond motifs is 7. The second-order valence-corrected chi connectivity index (χ2v) is 14.0. The SMILES string of the molecule is C=C/C=C\C=C/Cc1ccc(-c2ccc3oc4ccccc4c3c2C(N=C)=NC(=NCc2cc3ccccc3c3ccccc23)c2ccc3ccccc3c2)cc1. The molecule has 0 atom stereocenters. The van der Waals surface area contributed by atoms with Crippen LogP contribution in [0.15, 0.2) is 214 Å². The molecule has 0 saturated heterocycles. The molecule has 0 N–H and O–H groups in total. The Morgan fingerprint density at radius 1 is 0.579 bits per heavy atom. The van der Waals surface area contributed by atoms with Gasteiger partial charge in [0.2, 0.25) is 0 Å². The van der Waals surface area contributed by atoms with Crippen molar-refractivity contribution in [2.45, 2.75) is 13.0 Å². The van der Waals surface area contributed by atoms with Gasteiger partial charge in [-0.15, -0.1) is 0 Å². The van der Waals surface area contributed by atoms with Gasteiger partial charge >= 0.3 is 0 Å². The maximum Gasteiger partial charge on any atom is 0.162 e. The van der Waals surface area contributed by atoms with Crippen LogP contribution in [-0.4, -0.2) is 18.4 Å². The number of rotatable bonds is 9. The zero-order valence-electron chi connectivity index (χ0n) is 31.5. The second kappa shape index (κ2) is 15.7. The normalized spacial score (nSPS) is 12.6. The molecular formula is C53H39N3O. The molecule has 0 saturated carbocycles. The Kier molecular flexibility index (Phi) is 9.74. The highest BCUT2D eigenvalue weighted by Gasteiger charge is 2.21. The standard InChI is InChI=1S/C53H39N3O/c1-3-4-5-6-7-16-36-25-27-38(28-26-36)45-31-32-49-50(47-23-14-15-24-48(47)57-49)51(45)53(54-2)56-52(41-30-29-37-17-8-9-18-39(37)33-41)55-35-42-34-40-19-10-11-20-43(40)46-22-13-12-21-44(42)46/h3-15,17-34H,1-2,16,35H2/b5-4-,7-6-,55-52?,56-53?. The summed E-state index contributed by atoms with van der Waals surface area (Å²) in [7, 11) is 0. The van der Waals surface area contributed by atoms with Crippen molar-refractivity contribution in [1.82, 2.24) is 0 Å². The zero-order valence-corrected chi connectivity index (χ0v) is 31.5. The third kappa shape index (κ3) is 7.01. The van der Waals surface area contributed by atoms with E-state index in [0.29, 0.717) is 18.2 Å². The van der Waals surface area contributed by atoms with Crippen LogP contribution in [0.5, 0.6) is 0 Å². The number of benzene rings is 8. The molecule has 0 unspecified atom stereocenters. The predicted molar refractivity (Wildman–Crippen MR) is 243 cm³/mol. The molecule has 0 aliphatic rings. The highest BCUT2D eigenvalue weighted by atomic mass is 16.3. The summed E-state index contributed by atoms with van der Waals surface area (Å²) >= 11 is 0. The maximum absolute atomic E-state index is 6.42. The highest BCUT2D eigenvalue weighted by molar-refractivity contribution is 6.25. The van der Waals surface area contributed by atoms with E-state index in [0.717, 1.165) is 66.9 Å². The summed E-state index contributed by atoms with van der Waals surface area (Å²) in [6.45, 7) is 8.28. The summed E-state index contributed by atoms with van der Waals surface area (Å²) in [5.41, 5.74) is 7.66. The molecule has 272 valence electrons. The fraction of sp³-hybridized carbons (Fsp3) is 0.0377. The van der Waals surface area contributed by atoms with Crippen LogP contribution in [0.2, 0.25) is 0 Å². The van der Waals surface area contributed by atoms with Gasteiger partial charge in [0.05, 0.1) is 6.54 Å². The van der Waals surface area contributed by atoms with Gasteiger partial charge < -0.3 is 4.42 Å². The average Bonchev–Trinajstić information content (AvgIpc) is 3.65. The van der Waals surface area contributed by atoms with Crippen molar-refractivity contribution < 1.29 is 4.42 Å². The van der Waals surface area contributed by atoms with E-state index in [2.05, 4.69) is 153 Å². The second-order valence-electron chi connectivity index (χ2n) is 14.0. The Morgan fingerprint density at radius 2 is 1.30 bits per heavy atom. The minimum Gasteiger partial charge on any atom is -0.456 e. The molecule has 9 rings (SSSR count). The molecule has 0 aliphatic heterocycles. The van der Waals surface area contributed by atoms with Gasteiger partial charge in [0.1, 0.15) is 11.2 Å². The molecule has 9 aromatic rings. The van der Waals surface area contributed by atoms with Crippen LogP contribution in [0.1, 0.15) is 22.3 Å². The lowest BCUT2D eigenvalue weighted by atomic mass is 9.93. The number of hydrogen-bond donors (Lipinski definition) is 0. The smallest absolute Gasteiger partial charge is 0.162 e. The molecule has 0 amide bonds. The number of furan rings is 1. The molecule has 0 fully saturated rings. The lowest BCUT2D eigenvalue weighted by Gasteiger charge is -2.13. The largest absolute Gasteiger partial charge is 0.456 e. The number of para-hydroxylation sites is 1. The number of hydrogen-bond acceptors (Lipinski definition) is 2. The van der Waals surface area contributed by atoms with E-state index in [1.54, 1.807) is 6.08 Å². The van der Waals surface area contributed by atoms with E-state index in [1.807, 2.05) is 42.5 Å². The first-order valence-electron chi connectivity index (χ1n) is 19.1. The third-order valence-corrected chi connectivity index (χ3v) is 10.5. The lowest BCUT2D eigenvalue weighted by molar-refractivity contribution is 0.669. The summed E-state index contributed by atoms with van der Waals surface area (Å²) in [5, 5.41) is 8.97. The Labute approximate surface area is 331 Å². The molecular weight excluding hydrogens is 695 g/mol. The monoisotopic (exact) mass is 733 g/mol. The van der Waals surface area contributed by atoms with Crippen molar-refractivity contribution >= 4 is 72.6 Å². The molecule has 1 aromatic heterocycles. The van der Waals surface area contributed by atoms with E-state index in [9.17, 15) is 0 Å². The Bertz CT molecular complexity index is 3100. The quantitative estimate of drug-likeness (QED) is 0.0631. The third-order valence-electron chi connectivity index (χ3n) is 10.5. The summed E-state index contributed by atoms with van der Waals surface area (Å²) in [6, 6.07) is 55.0. The van der Waals surface area contributed by atoms with E-state index in [4.69, 9.17) is 19.4 Å². The summed E-state index contributed by atoms with van der Waals surface area (Å²) in [5.74, 6) is 1.04. The van der Waals surface area contributed by atoms with Crippen molar-refractivity contribution in [1.29, 1.82) is 0 Å². The fourth-order valence-electron chi connectivity index (χ4n) is 7.75. The summed E-state index contributed by atoms with van der Waals surface area (Å²) in [4.78, 5) is 15.4. The van der Waals surface area contributed by atoms with Gasteiger partial charge in [-0.05, 0) is 98.0 Å². The maximum atomic E-state index is 6.42. The molecule has 8 aromatic carbocycles. The first-order chi connectivity index (χ1) is 28.2. The Hall–Kier alpha value is -7.43. The van der Waals surface area contributed by atoms with Crippen LogP contribution in [0.25, 0.3) is 65.4 Å². The minimum absolute atomic E-state index is 0.423. The molecule has 4 heteroatoms. The molecule has 0 bridgehead atoms. The first-order valence-corrected chi connectivity index (χ1v) is 19.1. The number of aliphatic imine (C=N–C) groups is 3. The zero-order chi connectivity index (χ0) is 38.6. The average molecular weight is 734 g/mol. The van der Waals surface area contributed by atoms with Crippen LogP contribution < -0.4 is 0 Å².